The lowest BCUT2D eigenvalue weighted by atomic mass is 9.77. The molecule has 0 N–H and O–H groups in total. The van der Waals surface area contributed by atoms with Gasteiger partial charge in [-0.3, -0.25) is 0 Å². The van der Waals surface area contributed by atoms with E-state index < -0.39 is 11.3 Å². The number of aliphatic imine (C=N–C) groups is 4. The molecule has 66 heavy (non-hydrogen) atoms. The minimum Gasteiger partial charge on any atom is -0.497 e. The summed E-state index contributed by atoms with van der Waals surface area (Å²) >= 11 is 0. The van der Waals surface area contributed by atoms with Crippen molar-refractivity contribution >= 4 is 22.8 Å². The summed E-state index contributed by atoms with van der Waals surface area (Å²) in [5, 5.41) is 0. The van der Waals surface area contributed by atoms with Crippen LogP contribution in [-0.2, 0) is 24.2 Å². The van der Waals surface area contributed by atoms with Crippen LogP contribution in [0, 0.1) is 0 Å². The van der Waals surface area contributed by atoms with Gasteiger partial charge in [0.25, 0.3) is 0 Å². The molecule has 8 heteroatoms. The number of unbranched alkanes of at least 4 members (excludes halogenated alkanes) is 6. The first-order valence-corrected chi connectivity index (χ1v) is 23.5. The van der Waals surface area contributed by atoms with Crippen molar-refractivity contribution in [2.24, 2.45) is 20.0 Å². The highest BCUT2D eigenvalue weighted by Gasteiger charge is 2.61. The Bertz CT molecular complexity index is 2380. The zero-order valence-corrected chi connectivity index (χ0v) is 39.3. The summed E-state index contributed by atoms with van der Waals surface area (Å²) in [6.07, 6.45) is 10.7. The molecular formula is C58H62N4O4. The summed E-state index contributed by atoms with van der Waals surface area (Å²) in [7, 11) is 6.76. The van der Waals surface area contributed by atoms with Crippen LogP contribution in [0.1, 0.15) is 110 Å². The van der Waals surface area contributed by atoms with Gasteiger partial charge in [0.15, 0.2) is 0 Å². The van der Waals surface area contributed by atoms with E-state index in [1.165, 1.54) is 24.0 Å². The summed E-state index contributed by atoms with van der Waals surface area (Å²) in [5.74, 6) is 3.04. The van der Waals surface area contributed by atoms with E-state index in [-0.39, 0.29) is 0 Å². The van der Waals surface area contributed by atoms with E-state index >= 15 is 0 Å². The Morgan fingerprint density at radius 2 is 0.606 bits per heavy atom. The predicted octanol–water partition coefficient (Wildman–Crippen LogP) is 13.0. The molecule has 0 spiro atoms. The SMILES string of the molecule is CCCCCCc1ccccc1C1(C2(c3ccccc3CCCCCC)N=C(c3ccc(OC)cc3)C(c3ccc(OC)cc3)=N2)N=C(c2ccc(OC)cc2)C(c2ccc(OC)cc2)=N1. The van der Waals surface area contributed by atoms with Gasteiger partial charge in [-0.05, 0) is 134 Å². The molecule has 0 atom stereocenters. The van der Waals surface area contributed by atoms with Crippen LogP contribution in [0.4, 0.5) is 0 Å². The lowest BCUT2D eigenvalue weighted by Crippen LogP contribution is -2.44. The van der Waals surface area contributed by atoms with Gasteiger partial charge in [-0.2, -0.15) is 0 Å². The number of aryl methyl sites for hydroxylation is 2. The normalized spacial score (nSPS) is 14.8. The topological polar surface area (TPSA) is 86.4 Å². The van der Waals surface area contributed by atoms with Crippen molar-refractivity contribution < 1.29 is 18.9 Å². The fourth-order valence-corrected chi connectivity index (χ4v) is 9.28. The second-order valence-corrected chi connectivity index (χ2v) is 17.0. The molecule has 0 saturated heterocycles. The van der Waals surface area contributed by atoms with Crippen LogP contribution < -0.4 is 18.9 Å². The number of hydrogen-bond donors (Lipinski definition) is 0. The first kappa shape index (κ1) is 45.8. The number of ether oxygens (including phenoxy) is 4. The van der Waals surface area contributed by atoms with Gasteiger partial charge in [-0.25, -0.2) is 20.0 Å². The van der Waals surface area contributed by atoms with Crippen molar-refractivity contribution in [3.63, 3.8) is 0 Å². The number of methoxy groups -OCH3 is 4. The van der Waals surface area contributed by atoms with Crippen molar-refractivity contribution in [2.75, 3.05) is 28.4 Å². The Labute approximate surface area is 391 Å². The number of benzene rings is 6. The van der Waals surface area contributed by atoms with E-state index in [4.69, 9.17) is 38.9 Å². The van der Waals surface area contributed by atoms with E-state index in [0.717, 1.165) is 131 Å². The fourth-order valence-electron chi connectivity index (χ4n) is 9.28. The minimum atomic E-state index is -1.43. The summed E-state index contributed by atoms with van der Waals surface area (Å²) < 4.78 is 22.7. The molecule has 0 amide bonds. The van der Waals surface area contributed by atoms with Gasteiger partial charge in [-0.1, -0.05) is 101 Å². The number of nitrogens with zero attached hydrogens (tertiary/aromatic N) is 4. The Balaban J connectivity index is 1.52. The predicted molar refractivity (Wildman–Crippen MR) is 270 cm³/mol. The van der Waals surface area contributed by atoms with Crippen molar-refractivity contribution in [2.45, 2.75) is 89.4 Å². The molecule has 2 aliphatic heterocycles. The first-order valence-electron chi connectivity index (χ1n) is 23.5. The minimum absolute atomic E-state index is 0.748. The molecule has 0 radical (unpaired) electrons. The largest absolute Gasteiger partial charge is 0.497 e. The molecule has 0 bridgehead atoms. The van der Waals surface area contributed by atoms with Crippen LogP contribution in [0.5, 0.6) is 23.0 Å². The molecule has 8 nitrogen and oxygen atoms in total. The molecule has 0 fully saturated rings. The van der Waals surface area contributed by atoms with Crippen LogP contribution in [0.3, 0.4) is 0 Å². The van der Waals surface area contributed by atoms with Gasteiger partial charge in [-0.15, -0.1) is 0 Å². The Hall–Kier alpha value is -6.80. The number of rotatable bonds is 21. The summed E-state index contributed by atoms with van der Waals surface area (Å²) in [5.41, 5.74) is 8.10. The van der Waals surface area contributed by atoms with Crippen LogP contribution in [0.15, 0.2) is 166 Å². The first-order chi connectivity index (χ1) is 32.4. The zero-order chi connectivity index (χ0) is 45.9. The van der Waals surface area contributed by atoms with Gasteiger partial charge in [0.1, 0.15) is 23.0 Å². The van der Waals surface area contributed by atoms with Crippen molar-refractivity contribution in [1.82, 2.24) is 0 Å². The van der Waals surface area contributed by atoms with Crippen LogP contribution >= 0.6 is 0 Å². The average molecular weight is 879 g/mol. The highest BCUT2D eigenvalue weighted by Crippen LogP contribution is 2.56. The van der Waals surface area contributed by atoms with Gasteiger partial charge >= 0.3 is 0 Å². The Morgan fingerprint density at radius 1 is 0.333 bits per heavy atom. The fraction of sp³-hybridized carbons (Fsp3) is 0.310. The highest BCUT2D eigenvalue weighted by molar-refractivity contribution is 6.56. The van der Waals surface area contributed by atoms with E-state index in [1.54, 1.807) is 28.4 Å². The lowest BCUT2D eigenvalue weighted by molar-refractivity contribution is 0.253. The third-order valence-corrected chi connectivity index (χ3v) is 12.9. The van der Waals surface area contributed by atoms with E-state index in [2.05, 4.69) is 111 Å². The molecule has 338 valence electrons. The van der Waals surface area contributed by atoms with Gasteiger partial charge in [0.05, 0.1) is 51.3 Å². The van der Waals surface area contributed by atoms with Crippen LogP contribution in [-0.4, -0.2) is 51.3 Å². The molecule has 0 aliphatic carbocycles. The zero-order valence-electron chi connectivity index (χ0n) is 39.3. The van der Waals surface area contributed by atoms with E-state index in [1.807, 2.05) is 48.5 Å². The molecule has 2 heterocycles. The van der Waals surface area contributed by atoms with Crippen molar-refractivity contribution in [1.29, 1.82) is 0 Å². The van der Waals surface area contributed by atoms with Crippen molar-refractivity contribution in [3.05, 3.63) is 190 Å². The lowest BCUT2D eigenvalue weighted by Gasteiger charge is -2.40. The molecule has 8 rings (SSSR count). The molecule has 0 unspecified atom stereocenters. The Kier molecular flexibility index (Phi) is 14.6. The maximum absolute atomic E-state index is 6.10. The molecule has 2 aliphatic rings. The highest BCUT2D eigenvalue weighted by atomic mass is 16.5. The second kappa shape index (κ2) is 21.0. The Morgan fingerprint density at radius 3 is 0.864 bits per heavy atom. The average Bonchev–Trinajstić information content (AvgIpc) is 4.00. The van der Waals surface area contributed by atoms with Crippen molar-refractivity contribution in [3.8, 4) is 23.0 Å². The van der Waals surface area contributed by atoms with Crippen LogP contribution in [0.25, 0.3) is 0 Å². The molecule has 0 saturated carbocycles. The quantitative estimate of drug-likeness (QED) is 0.0674. The maximum Gasteiger partial charge on any atom is 0.226 e. The second-order valence-electron chi connectivity index (χ2n) is 17.0. The summed E-state index contributed by atoms with van der Waals surface area (Å²) in [6, 6.07) is 50.0. The maximum atomic E-state index is 6.10. The summed E-state index contributed by atoms with van der Waals surface area (Å²) in [6.45, 7) is 4.51. The molecule has 6 aromatic rings. The smallest absolute Gasteiger partial charge is 0.226 e. The van der Waals surface area contributed by atoms with Crippen LogP contribution in [0.2, 0.25) is 0 Å². The number of hydrogen-bond acceptors (Lipinski definition) is 8. The molecular weight excluding hydrogens is 817 g/mol. The van der Waals surface area contributed by atoms with E-state index in [0.29, 0.717) is 0 Å². The third kappa shape index (κ3) is 9.19. The standard InChI is InChI=1S/C58H62N4O4/c1-7-9-11-13-19-41-21-15-17-23-51(41)57(59-53(43-25-33-47(63-3)34-26-43)54(60-57)44-27-35-48(64-4)36-28-44)58(52-24-18-16-22-42(52)20-14-12-10-8-2)61-55(45-29-37-49(65-5)38-30-45)56(62-58)46-31-39-50(66-6)40-32-46/h15-18,21-40H,7-14,19-20H2,1-6H3. The molecule has 6 aromatic carbocycles. The van der Waals surface area contributed by atoms with Gasteiger partial charge in [0.2, 0.25) is 11.3 Å². The van der Waals surface area contributed by atoms with Gasteiger partial charge in [0, 0.05) is 33.4 Å². The summed E-state index contributed by atoms with van der Waals surface area (Å²) in [4.78, 5) is 24.4. The third-order valence-electron chi connectivity index (χ3n) is 12.9. The van der Waals surface area contributed by atoms with Gasteiger partial charge < -0.3 is 18.9 Å². The van der Waals surface area contributed by atoms with E-state index in [9.17, 15) is 0 Å². The molecule has 0 aromatic heterocycles. The monoisotopic (exact) mass is 878 g/mol.